The van der Waals surface area contributed by atoms with Crippen LogP contribution in [-0.4, -0.2) is 39.7 Å². The predicted molar refractivity (Wildman–Crippen MR) is 68.6 cm³/mol. The Bertz CT molecular complexity index is 249. The zero-order valence-corrected chi connectivity index (χ0v) is 11.5. The van der Waals surface area contributed by atoms with Gasteiger partial charge in [-0.15, -0.1) is 0 Å². The molecular formula is C11H18BrNOS. The highest BCUT2D eigenvalue weighted by molar-refractivity contribution is 9.10. The molecule has 0 N–H and O–H groups in total. The molecule has 1 aliphatic carbocycles. The lowest BCUT2D eigenvalue weighted by Gasteiger charge is -2.34. The first-order chi connectivity index (χ1) is 7.22. The molecular weight excluding hydrogens is 274 g/mol. The third-order valence-electron chi connectivity index (χ3n) is 3.55. The van der Waals surface area contributed by atoms with Gasteiger partial charge in [-0.25, -0.2) is 0 Å². The molecule has 0 aromatic rings. The molecule has 1 saturated heterocycles. The first kappa shape index (κ1) is 11.8. The fraction of sp³-hybridized carbons (Fsp3) is 0.909. The number of amides is 1. The molecule has 0 aromatic carbocycles. The molecule has 0 spiro atoms. The predicted octanol–water partition coefficient (Wildman–Crippen LogP) is 2.66. The van der Waals surface area contributed by atoms with Crippen LogP contribution in [0.2, 0.25) is 0 Å². The Morgan fingerprint density at radius 3 is 2.80 bits per heavy atom. The standard InChI is InChI=1S/C11H18BrNOS/c1-15-9-4-2-3-8(7-9)13-6-5-10(12)11(13)14/h8-10H,2-7H2,1H3. The van der Waals surface area contributed by atoms with Gasteiger partial charge in [0, 0.05) is 17.8 Å². The summed E-state index contributed by atoms with van der Waals surface area (Å²) >= 11 is 5.41. The van der Waals surface area contributed by atoms with Crippen molar-refractivity contribution in [1.29, 1.82) is 0 Å². The SMILES string of the molecule is CSC1CCCC(N2CCC(Br)C2=O)C1. The maximum absolute atomic E-state index is 11.9. The van der Waals surface area contributed by atoms with E-state index in [9.17, 15) is 4.79 Å². The summed E-state index contributed by atoms with van der Waals surface area (Å²) in [6, 6.07) is 0.520. The summed E-state index contributed by atoms with van der Waals surface area (Å²) in [6.45, 7) is 0.959. The van der Waals surface area contributed by atoms with Crippen molar-refractivity contribution < 1.29 is 4.79 Å². The Labute approximate surface area is 104 Å². The first-order valence-electron chi connectivity index (χ1n) is 5.69. The fourth-order valence-corrected chi connectivity index (χ4v) is 3.93. The third-order valence-corrected chi connectivity index (χ3v) is 5.49. The average Bonchev–Trinajstić information content (AvgIpc) is 2.60. The Balaban J connectivity index is 1.95. The van der Waals surface area contributed by atoms with E-state index >= 15 is 0 Å². The van der Waals surface area contributed by atoms with Crippen LogP contribution >= 0.6 is 27.7 Å². The Morgan fingerprint density at radius 1 is 1.40 bits per heavy atom. The van der Waals surface area contributed by atoms with Crippen molar-refractivity contribution in [3.8, 4) is 0 Å². The molecule has 86 valence electrons. The number of halogens is 1. The molecule has 0 bridgehead atoms. The molecule has 4 heteroatoms. The quantitative estimate of drug-likeness (QED) is 0.729. The molecule has 3 unspecified atom stereocenters. The first-order valence-corrected chi connectivity index (χ1v) is 7.90. The van der Waals surface area contributed by atoms with Crippen LogP contribution in [0.15, 0.2) is 0 Å². The van der Waals surface area contributed by atoms with E-state index in [2.05, 4.69) is 27.1 Å². The van der Waals surface area contributed by atoms with Gasteiger partial charge in [0.05, 0.1) is 4.83 Å². The van der Waals surface area contributed by atoms with Gasteiger partial charge < -0.3 is 4.90 Å². The van der Waals surface area contributed by atoms with Gasteiger partial charge in [0.15, 0.2) is 0 Å². The highest BCUT2D eigenvalue weighted by Gasteiger charge is 2.36. The summed E-state index contributed by atoms with van der Waals surface area (Å²) in [6.07, 6.45) is 8.20. The Hall–Kier alpha value is 0.300. The molecule has 1 saturated carbocycles. The van der Waals surface area contributed by atoms with E-state index in [4.69, 9.17) is 0 Å². The second-order valence-corrected chi connectivity index (χ2v) is 6.71. The number of alkyl halides is 1. The molecule has 2 aliphatic rings. The van der Waals surface area contributed by atoms with Gasteiger partial charge in [0.25, 0.3) is 0 Å². The van der Waals surface area contributed by atoms with Crippen molar-refractivity contribution in [1.82, 2.24) is 4.90 Å². The molecule has 2 rings (SSSR count). The monoisotopic (exact) mass is 291 g/mol. The summed E-state index contributed by atoms with van der Waals surface area (Å²) in [5.41, 5.74) is 0. The van der Waals surface area contributed by atoms with Crippen molar-refractivity contribution in [2.45, 2.75) is 48.2 Å². The maximum Gasteiger partial charge on any atom is 0.236 e. The Kier molecular flexibility index (Phi) is 3.99. The van der Waals surface area contributed by atoms with Crippen molar-refractivity contribution in [2.24, 2.45) is 0 Å². The van der Waals surface area contributed by atoms with Gasteiger partial charge in [-0.3, -0.25) is 4.79 Å². The molecule has 15 heavy (non-hydrogen) atoms. The van der Waals surface area contributed by atoms with E-state index in [1.165, 1.54) is 25.7 Å². The molecule has 2 fully saturated rings. The highest BCUT2D eigenvalue weighted by Crippen LogP contribution is 2.32. The van der Waals surface area contributed by atoms with E-state index in [0.717, 1.165) is 18.2 Å². The van der Waals surface area contributed by atoms with Crippen LogP contribution in [0, 0.1) is 0 Å². The Morgan fingerprint density at radius 2 is 2.20 bits per heavy atom. The molecule has 0 radical (unpaired) electrons. The maximum atomic E-state index is 11.9. The molecule has 1 amide bonds. The number of thioether (sulfide) groups is 1. The van der Waals surface area contributed by atoms with E-state index in [-0.39, 0.29) is 4.83 Å². The van der Waals surface area contributed by atoms with Gasteiger partial charge in [-0.05, 0) is 31.9 Å². The minimum atomic E-state index is 0.0900. The zero-order chi connectivity index (χ0) is 10.8. The third kappa shape index (κ3) is 2.52. The second-order valence-electron chi connectivity index (χ2n) is 4.47. The van der Waals surface area contributed by atoms with Gasteiger partial charge in [-0.2, -0.15) is 11.8 Å². The lowest BCUT2D eigenvalue weighted by molar-refractivity contribution is -0.129. The van der Waals surface area contributed by atoms with Crippen LogP contribution in [-0.2, 0) is 4.79 Å². The van der Waals surface area contributed by atoms with E-state index in [0.29, 0.717) is 11.9 Å². The zero-order valence-electron chi connectivity index (χ0n) is 9.12. The number of hydrogen-bond donors (Lipinski definition) is 0. The number of nitrogens with zero attached hydrogens (tertiary/aromatic N) is 1. The number of likely N-dealkylation sites (tertiary alicyclic amines) is 1. The molecule has 2 nitrogen and oxygen atoms in total. The van der Waals surface area contributed by atoms with E-state index in [1.54, 1.807) is 0 Å². The van der Waals surface area contributed by atoms with Crippen molar-refractivity contribution in [3.63, 3.8) is 0 Å². The van der Waals surface area contributed by atoms with Crippen molar-refractivity contribution in [3.05, 3.63) is 0 Å². The van der Waals surface area contributed by atoms with Crippen LogP contribution in [0.4, 0.5) is 0 Å². The fourth-order valence-electron chi connectivity index (χ4n) is 2.65. The second kappa shape index (κ2) is 5.09. The molecule has 3 atom stereocenters. The van der Waals surface area contributed by atoms with Crippen LogP contribution in [0.25, 0.3) is 0 Å². The van der Waals surface area contributed by atoms with Gasteiger partial charge >= 0.3 is 0 Å². The van der Waals surface area contributed by atoms with Crippen LogP contribution in [0.1, 0.15) is 32.1 Å². The number of rotatable bonds is 2. The van der Waals surface area contributed by atoms with Gasteiger partial charge in [0.2, 0.25) is 5.91 Å². The van der Waals surface area contributed by atoms with Crippen LogP contribution in [0.5, 0.6) is 0 Å². The van der Waals surface area contributed by atoms with Gasteiger partial charge in [0.1, 0.15) is 0 Å². The largest absolute Gasteiger partial charge is 0.339 e. The highest BCUT2D eigenvalue weighted by atomic mass is 79.9. The van der Waals surface area contributed by atoms with Crippen LogP contribution in [0.3, 0.4) is 0 Å². The average molecular weight is 292 g/mol. The molecule has 1 aliphatic heterocycles. The van der Waals surface area contributed by atoms with Gasteiger partial charge in [-0.1, -0.05) is 22.4 Å². The van der Waals surface area contributed by atoms with Crippen LogP contribution < -0.4 is 0 Å². The van der Waals surface area contributed by atoms with E-state index in [1.807, 2.05) is 11.8 Å². The lowest BCUT2D eigenvalue weighted by Crippen LogP contribution is -2.41. The normalized spacial score (nSPS) is 37.3. The molecule has 0 aromatic heterocycles. The summed E-state index contributed by atoms with van der Waals surface area (Å²) < 4.78 is 0. The number of hydrogen-bond acceptors (Lipinski definition) is 2. The summed E-state index contributed by atoms with van der Waals surface area (Å²) in [7, 11) is 0. The minimum Gasteiger partial charge on any atom is -0.339 e. The smallest absolute Gasteiger partial charge is 0.236 e. The summed E-state index contributed by atoms with van der Waals surface area (Å²) in [4.78, 5) is 14.1. The number of carbonyl (C=O) groups excluding carboxylic acids is 1. The minimum absolute atomic E-state index is 0.0900. The number of carbonyl (C=O) groups is 1. The topological polar surface area (TPSA) is 20.3 Å². The lowest BCUT2D eigenvalue weighted by atomic mass is 9.94. The summed E-state index contributed by atoms with van der Waals surface area (Å²) in [5.74, 6) is 0.321. The van der Waals surface area contributed by atoms with Crippen molar-refractivity contribution >= 4 is 33.6 Å². The van der Waals surface area contributed by atoms with Crippen molar-refractivity contribution in [2.75, 3.05) is 12.8 Å². The summed E-state index contributed by atoms with van der Waals surface area (Å²) in [5, 5.41) is 0.769. The van der Waals surface area contributed by atoms with E-state index < -0.39 is 0 Å². The molecule has 1 heterocycles.